The summed E-state index contributed by atoms with van der Waals surface area (Å²) in [5, 5.41) is 1.18. The van der Waals surface area contributed by atoms with Gasteiger partial charge < -0.3 is 33.4 Å². The SMILES string of the molecule is CCN(CC)C(=O)Cn1c(C)c(/C=C/c2cc[n+](C)cc2)c2ccccc21.[I-]. The van der Waals surface area contributed by atoms with Crippen LogP contribution in [0.5, 0.6) is 0 Å². The molecule has 2 aromatic heterocycles. The Morgan fingerprint density at radius 3 is 2.36 bits per heavy atom. The highest BCUT2D eigenvalue weighted by atomic mass is 127. The van der Waals surface area contributed by atoms with Gasteiger partial charge in [-0.3, -0.25) is 4.79 Å². The Hall–Kier alpha value is -2.15. The van der Waals surface area contributed by atoms with E-state index in [1.807, 2.05) is 48.8 Å². The van der Waals surface area contributed by atoms with Gasteiger partial charge in [0.15, 0.2) is 12.4 Å². The topological polar surface area (TPSA) is 29.1 Å². The van der Waals surface area contributed by atoms with Crippen LogP contribution >= 0.6 is 0 Å². The Labute approximate surface area is 184 Å². The van der Waals surface area contributed by atoms with E-state index in [1.165, 1.54) is 10.9 Å². The maximum Gasteiger partial charge on any atom is 0.242 e. The summed E-state index contributed by atoms with van der Waals surface area (Å²) in [6, 6.07) is 12.5. The number of nitrogens with zero attached hydrogens (tertiary/aromatic N) is 3. The fourth-order valence-electron chi connectivity index (χ4n) is 3.49. The van der Waals surface area contributed by atoms with E-state index in [0.717, 1.165) is 29.9 Å². The van der Waals surface area contributed by atoms with Crippen molar-refractivity contribution >= 4 is 29.0 Å². The number of carbonyl (C=O) groups excluding carboxylic acids is 1. The third-order valence-electron chi connectivity index (χ3n) is 5.14. The Kier molecular flexibility index (Phi) is 7.80. The zero-order valence-electron chi connectivity index (χ0n) is 17.0. The molecule has 0 N–H and O–H groups in total. The van der Waals surface area contributed by atoms with Crippen LogP contribution in [-0.4, -0.2) is 28.5 Å². The van der Waals surface area contributed by atoms with Crippen molar-refractivity contribution in [3.8, 4) is 0 Å². The molecule has 5 heteroatoms. The Balaban J connectivity index is 0.00000280. The molecule has 0 aliphatic rings. The first-order chi connectivity index (χ1) is 13.0. The minimum atomic E-state index is 0. The fourth-order valence-corrected chi connectivity index (χ4v) is 3.49. The highest BCUT2D eigenvalue weighted by Crippen LogP contribution is 2.27. The highest BCUT2D eigenvalue weighted by Gasteiger charge is 2.16. The van der Waals surface area contributed by atoms with Crippen molar-refractivity contribution in [3.05, 3.63) is 65.6 Å². The lowest BCUT2D eigenvalue weighted by molar-refractivity contribution is -0.671. The molecule has 148 valence electrons. The van der Waals surface area contributed by atoms with Crippen molar-refractivity contribution in [2.24, 2.45) is 7.05 Å². The van der Waals surface area contributed by atoms with Gasteiger partial charge in [0.1, 0.15) is 13.6 Å². The molecule has 0 fully saturated rings. The second-order valence-electron chi connectivity index (χ2n) is 6.80. The average Bonchev–Trinajstić information content (AvgIpc) is 2.94. The number of benzene rings is 1. The number of aryl methyl sites for hydroxylation is 1. The molecular formula is C23H28IN3O. The Morgan fingerprint density at radius 2 is 1.71 bits per heavy atom. The van der Waals surface area contributed by atoms with Crippen LogP contribution in [0, 0.1) is 6.92 Å². The van der Waals surface area contributed by atoms with E-state index < -0.39 is 0 Å². The molecule has 2 heterocycles. The predicted octanol–water partition coefficient (Wildman–Crippen LogP) is 0.817. The van der Waals surface area contributed by atoms with Gasteiger partial charge in [0, 0.05) is 47.4 Å². The van der Waals surface area contributed by atoms with E-state index >= 15 is 0 Å². The van der Waals surface area contributed by atoms with Gasteiger partial charge in [-0.15, -0.1) is 0 Å². The summed E-state index contributed by atoms with van der Waals surface area (Å²) in [5.74, 6) is 0.162. The first-order valence-electron chi connectivity index (χ1n) is 9.54. The van der Waals surface area contributed by atoms with Crippen LogP contribution in [-0.2, 0) is 18.4 Å². The van der Waals surface area contributed by atoms with E-state index in [0.29, 0.717) is 6.54 Å². The summed E-state index contributed by atoms with van der Waals surface area (Å²) in [6.45, 7) is 8.01. The highest BCUT2D eigenvalue weighted by molar-refractivity contribution is 5.94. The van der Waals surface area contributed by atoms with Crippen LogP contribution in [0.4, 0.5) is 0 Å². The van der Waals surface area contributed by atoms with Crippen molar-refractivity contribution in [1.82, 2.24) is 9.47 Å². The Bertz CT molecular complexity index is 969. The summed E-state index contributed by atoms with van der Waals surface area (Å²) >= 11 is 0. The number of carbonyl (C=O) groups is 1. The number of para-hydroxylation sites is 1. The quantitative estimate of drug-likeness (QED) is 0.373. The normalized spacial score (nSPS) is 11.0. The summed E-state index contributed by atoms with van der Waals surface area (Å²) in [4.78, 5) is 14.6. The number of rotatable bonds is 6. The van der Waals surface area contributed by atoms with Gasteiger partial charge in [0.2, 0.25) is 5.91 Å². The summed E-state index contributed by atoms with van der Waals surface area (Å²) in [5.41, 5.74) is 4.55. The monoisotopic (exact) mass is 489 g/mol. The molecule has 4 nitrogen and oxygen atoms in total. The van der Waals surface area contributed by atoms with Crippen LogP contribution in [0.3, 0.4) is 0 Å². The second-order valence-corrected chi connectivity index (χ2v) is 6.80. The lowest BCUT2D eigenvalue weighted by Gasteiger charge is -2.20. The largest absolute Gasteiger partial charge is 1.00 e. The number of amides is 1. The van der Waals surface area contributed by atoms with Crippen LogP contribution in [0.25, 0.3) is 23.1 Å². The van der Waals surface area contributed by atoms with Crippen molar-refractivity contribution in [1.29, 1.82) is 0 Å². The standard InChI is InChI=1S/C23H28N3O.HI/c1-5-25(6-2)23(27)17-26-18(3)20(21-9-7-8-10-22(21)26)12-11-19-13-15-24(4)16-14-19;/h7-16H,5-6,17H2,1-4H3;1H/q+1;/p-1. The summed E-state index contributed by atoms with van der Waals surface area (Å²) in [7, 11) is 2.01. The third kappa shape index (κ3) is 4.63. The number of aromatic nitrogens is 2. The van der Waals surface area contributed by atoms with Gasteiger partial charge in [-0.1, -0.05) is 30.4 Å². The van der Waals surface area contributed by atoms with Gasteiger partial charge in [-0.25, -0.2) is 4.57 Å². The van der Waals surface area contributed by atoms with Gasteiger partial charge >= 0.3 is 0 Å². The van der Waals surface area contributed by atoms with Crippen molar-refractivity contribution in [2.75, 3.05) is 13.1 Å². The van der Waals surface area contributed by atoms with Crippen LogP contribution in [0.2, 0.25) is 0 Å². The molecule has 0 atom stereocenters. The zero-order valence-corrected chi connectivity index (χ0v) is 19.2. The maximum atomic E-state index is 12.7. The molecule has 3 rings (SSSR count). The minimum absolute atomic E-state index is 0. The summed E-state index contributed by atoms with van der Waals surface area (Å²) < 4.78 is 4.16. The lowest BCUT2D eigenvalue weighted by Crippen LogP contribution is -3.00. The maximum absolute atomic E-state index is 12.7. The third-order valence-corrected chi connectivity index (χ3v) is 5.14. The number of fused-ring (bicyclic) bond motifs is 1. The molecule has 28 heavy (non-hydrogen) atoms. The van der Waals surface area contributed by atoms with E-state index in [2.05, 4.69) is 54.0 Å². The first-order valence-corrected chi connectivity index (χ1v) is 9.54. The fraction of sp³-hybridized carbons (Fsp3) is 0.304. The first kappa shape index (κ1) is 22.1. The molecule has 1 aromatic carbocycles. The molecule has 0 aliphatic heterocycles. The van der Waals surface area contributed by atoms with E-state index in [4.69, 9.17) is 0 Å². The molecule has 0 bridgehead atoms. The van der Waals surface area contributed by atoms with Crippen molar-refractivity contribution in [3.63, 3.8) is 0 Å². The van der Waals surface area contributed by atoms with Crippen LogP contribution < -0.4 is 28.5 Å². The van der Waals surface area contributed by atoms with Crippen LogP contribution in [0.15, 0.2) is 48.8 Å². The number of hydrogen-bond donors (Lipinski definition) is 0. The van der Waals surface area contributed by atoms with Crippen molar-refractivity contribution in [2.45, 2.75) is 27.3 Å². The smallest absolute Gasteiger partial charge is 0.242 e. The predicted molar refractivity (Wildman–Crippen MR) is 111 cm³/mol. The van der Waals surface area contributed by atoms with E-state index in [-0.39, 0.29) is 29.9 Å². The molecule has 1 amide bonds. The van der Waals surface area contributed by atoms with Crippen molar-refractivity contribution < 1.29 is 33.3 Å². The summed E-state index contributed by atoms with van der Waals surface area (Å²) in [6.07, 6.45) is 8.37. The van der Waals surface area contributed by atoms with Gasteiger partial charge in [0.05, 0.1) is 0 Å². The number of likely N-dealkylation sites (N-methyl/N-ethyl adjacent to an activating group) is 1. The van der Waals surface area contributed by atoms with E-state index in [9.17, 15) is 4.79 Å². The molecule has 0 saturated carbocycles. The molecule has 0 spiro atoms. The molecule has 0 aliphatic carbocycles. The van der Waals surface area contributed by atoms with Gasteiger partial charge in [-0.05, 0) is 32.4 Å². The molecule has 0 unspecified atom stereocenters. The van der Waals surface area contributed by atoms with Crippen LogP contribution in [0.1, 0.15) is 30.7 Å². The molecule has 3 aromatic rings. The number of halogens is 1. The number of pyridine rings is 1. The van der Waals surface area contributed by atoms with Gasteiger partial charge in [-0.2, -0.15) is 0 Å². The minimum Gasteiger partial charge on any atom is -1.00 e. The molecule has 0 radical (unpaired) electrons. The lowest BCUT2D eigenvalue weighted by atomic mass is 10.1. The average molecular weight is 489 g/mol. The van der Waals surface area contributed by atoms with E-state index in [1.54, 1.807) is 0 Å². The zero-order chi connectivity index (χ0) is 19.4. The molecular weight excluding hydrogens is 461 g/mol. The molecule has 0 saturated heterocycles. The Morgan fingerprint density at radius 1 is 1.07 bits per heavy atom. The van der Waals surface area contributed by atoms with Gasteiger partial charge in [0.25, 0.3) is 0 Å². The second kappa shape index (κ2) is 9.87. The number of hydrogen-bond acceptors (Lipinski definition) is 1.